The highest BCUT2D eigenvalue weighted by Gasteiger charge is 2.18. The van der Waals surface area contributed by atoms with E-state index in [1.54, 1.807) is 0 Å². The Morgan fingerprint density at radius 1 is 1.00 bits per heavy atom. The van der Waals surface area contributed by atoms with Crippen LogP contribution < -0.4 is 0 Å². The standard InChI is InChI=1S/C18H22F2O3/c19-13-8-9-15(16(20)12-13)17(21)10-11-18(22)23-14-6-4-2-1-3-5-7-14/h8-9,12,14H,1-7,10-11H2. The van der Waals surface area contributed by atoms with Gasteiger partial charge in [0, 0.05) is 12.5 Å². The Labute approximate surface area is 135 Å². The fourth-order valence-electron chi connectivity index (χ4n) is 2.85. The number of hydrogen-bond donors (Lipinski definition) is 0. The van der Waals surface area contributed by atoms with E-state index in [2.05, 4.69) is 0 Å². The molecule has 0 N–H and O–H groups in total. The van der Waals surface area contributed by atoms with Gasteiger partial charge in [0.2, 0.25) is 0 Å². The SMILES string of the molecule is O=C(CCC(=O)c1ccc(F)cc1F)OC1CCCCCCC1. The quantitative estimate of drug-likeness (QED) is 0.588. The maximum atomic E-state index is 13.5. The highest BCUT2D eigenvalue weighted by Crippen LogP contribution is 2.20. The second-order valence-electron chi connectivity index (χ2n) is 6.00. The average molecular weight is 324 g/mol. The Balaban J connectivity index is 1.80. The van der Waals surface area contributed by atoms with Crippen LogP contribution in [-0.2, 0) is 9.53 Å². The van der Waals surface area contributed by atoms with Crippen LogP contribution in [0.15, 0.2) is 18.2 Å². The number of ether oxygens (including phenoxy) is 1. The Kier molecular flexibility index (Phi) is 6.68. The number of carbonyl (C=O) groups excluding carboxylic acids is 2. The van der Waals surface area contributed by atoms with Crippen molar-refractivity contribution in [1.82, 2.24) is 0 Å². The van der Waals surface area contributed by atoms with Gasteiger partial charge in [-0.05, 0) is 37.8 Å². The third-order valence-corrected chi connectivity index (χ3v) is 4.14. The van der Waals surface area contributed by atoms with E-state index >= 15 is 0 Å². The molecule has 1 aliphatic rings. The number of rotatable bonds is 5. The molecule has 0 saturated heterocycles. The highest BCUT2D eigenvalue weighted by atomic mass is 19.1. The van der Waals surface area contributed by atoms with Crippen LogP contribution in [0.25, 0.3) is 0 Å². The van der Waals surface area contributed by atoms with Crippen LogP contribution in [0.1, 0.15) is 68.1 Å². The van der Waals surface area contributed by atoms with Crippen molar-refractivity contribution in [3.63, 3.8) is 0 Å². The van der Waals surface area contributed by atoms with Gasteiger partial charge in [0.05, 0.1) is 12.0 Å². The topological polar surface area (TPSA) is 43.4 Å². The minimum atomic E-state index is -0.900. The fraction of sp³-hybridized carbons (Fsp3) is 0.556. The summed E-state index contributed by atoms with van der Waals surface area (Å²) in [7, 11) is 0. The van der Waals surface area contributed by atoms with Crippen molar-refractivity contribution in [3.05, 3.63) is 35.4 Å². The zero-order valence-corrected chi connectivity index (χ0v) is 13.2. The molecule has 0 heterocycles. The lowest BCUT2D eigenvalue weighted by Crippen LogP contribution is -2.20. The van der Waals surface area contributed by atoms with Crippen molar-refractivity contribution in [2.24, 2.45) is 0 Å². The summed E-state index contributed by atoms with van der Waals surface area (Å²) in [6.07, 6.45) is 7.12. The zero-order valence-electron chi connectivity index (χ0n) is 13.2. The molecule has 1 aromatic rings. The number of hydrogen-bond acceptors (Lipinski definition) is 3. The van der Waals surface area contributed by atoms with E-state index in [1.165, 1.54) is 6.42 Å². The highest BCUT2D eigenvalue weighted by molar-refractivity contribution is 5.97. The molecule has 0 spiro atoms. The molecule has 1 aliphatic carbocycles. The van der Waals surface area contributed by atoms with E-state index in [1.807, 2.05) is 0 Å². The van der Waals surface area contributed by atoms with Crippen molar-refractivity contribution >= 4 is 11.8 Å². The monoisotopic (exact) mass is 324 g/mol. The van der Waals surface area contributed by atoms with Gasteiger partial charge in [0.25, 0.3) is 0 Å². The molecule has 0 atom stereocenters. The van der Waals surface area contributed by atoms with Gasteiger partial charge in [-0.1, -0.05) is 19.3 Å². The Bertz CT molecular complexity index is 549. The van der Waals surface area contributed by atoms with E-state index < -0.39 is 23.4 Å². The molecule has 0 radical (unpaired) electrons. The Hall–Kier alpha value is -1.78. The third kappa shape index (κ3) is 5.73. The Morgan fingerprint density at radius 3 is 2.30 bits per heavy atom. The minimum Gasteiger partial charge on any atom is -0.462 e. The summed E-state index contributed by atoms with van der Waals surface area (Å²) in [4.78, 5) is 23.8. The molecule has 126 valence electrons. The molecule has 0 unspecified atom stereocenters. The van der Waals surface area contributed by atoms with Crippen LogP contribution in [0.3, 0.4) is 0 Å². The maximum absolute atomic E-state index is 13.5. The van der Waals surface area contributed by atoms with Crippen molar-refractivity contribution in [1.29, 1.82) is 0 Å². The lowest BCUT2D eigenvalue weighted by Gasteiger charge is -2.20. The molecule has 5 heteroatoms. The van der Waals surface area contributed by atoms with Crippen LogP contribution in [0.2, 0.25) is 0 Å². The summed E-state index contributed by atoms with van der Waals surface area (Å²) < 4.78 is 31.7. The molecule has 23 heavy (non-hydrogen) atoms. The first-order chi connectivity index (χ1) is 11.1. The summed E-state index contributed by atoms with van der Waals surface area (Å²) in [5.41, 5.74) is -0.190. The summed E-state index contributed by atoms with van der Waals surface area (Å²) in [6.45, 7) is 0. The zero-order chi connectivity index (χ0) is 16.7. The van der Waals surface area contributed by atoms with Gasteiger partial charge in [-0.2, -0.15) is 0 Å². The number of halogens is 2. The molecule has 1 fully saturated rings. The predicted molar refractivity (Wildman–Crippen MR) is 82.1 cm³/mol. The first-order valence-electron chi connectivity index (χ1n) is 8.24. The van der Waals surface area contributed by atoms with Gasteiger partial charge in [0.1, 0.15) is 17.7 Å². The predicted octanol–water partition coefficient (Wildman–Crippen LogP) is 4.58. The van der Waals surface area contributed by atoms with Gasteiger partial charge in [0.15, 0.2) is 5.78 Å². The number of benzene rings is 1. The van der Waals surface area contributed by atoms with Crippen LogP contribution in [0.4, 0.5) is 8.78 Å². The molecular formula is C18H22F2O3. The molecule has 0 bridgehead atoms. The molecule has 2 rings (SSSR count). The lowest BCUT2D eigenvalue weighted by atomic mass is 9.98. The van der Waals surface area contributed by atoms with Gasteiger partial charge in [-0.15, -0.1) is 0 Å². The normalized spacial score (nSPS) is 16.4. The number of carbonyl (C=O) groups is 2. The van der Waals surface area contributed by atoms with E-state index in [9.17, 15) is 18.4 Å². The van der Waals surface area contributed by atoms with Gasteiger partial charge in [-0.25, -0.2) is 8.78 Å². The molecule has 3 nitrogen and oxygen atoms in total. The third-order valence-electron chi connectivity index (χ3n) is 4.14. The van der Waals surface area contributed by atoms with Crippen LogP contribution in [0.5, 0.6) is 0 Å². The fourth-order valence-corrected chi connectivity index (χ4v) is 2.85. The summed E-state index contributed by atoms with van der Waals surface area (Å²) >= 11 is 0. The van der Waals surface area contributed by atoms with Crippen LogP contribution in [0, 0.1) is 11.6 Å². The molecular weight excluding hydrogens is 302 g/mol. The first kappa shape index (κ1) is 17.6. The number of ketones is 1. The second kappa shape index (κ2) is 8.75. The molecule has 0 amide bonds. The van der Waals surface area contributed by atoms with Crippen molar-refractivity contribution in [2.75, 3.05) is 0 Å². The summed E-state index contributed by atoms with van der Waals surface area (Å²) in [5.74, 6) is -2.57. The van der Waals surface area contributed by atoms with E-state index in [0.717, 1.165) is 50.7 Å². The van der Waals surface area contributed by atoms with Crippen molar-refractivity contribution in [3.8, 4) is 0 Å². The summed E-state index contributed by atoms with van der Waals surface area (Å²) in [6, 6.07) is 2.80. The minimum absolute atomic E-state index is 0.0690. The van der Waals surface area contributed by atoms with E-state index in [4.69, 9.17) is 4.74 Å². The molecule has 0 aliphatic heterocycles. The van der Waals surface area contributed by atoms with Gasteiger partial charge in [-0.3, -0.25) is 9.59 Å². The van der Waals surface area contributed by atoms with E-state index in [0.29, 0.717) is 6.07 Å². The number of esters is 1. The molecule has 0 aromatic heterocycles. The smallest absolute Gasteiger partial charge is 0.306 e. The maximum Gasteiger partial charge on any atom is 0.306 e. The second-order valence-corrected chi connectivity index (χ2v) is 6.00. The molecule has 1 saturated carbocycles. The summed E-state index contributed by atoms with van der Waals surface area (Å²) in [5, 5.41) is 0. The average Bonchev–Trinajstić information content (AvgIpc) is 2.47. The van der Waals surface area contributed by atoms with Crippen molar-refractivity contribution in [2.45, 2.75) is 63.9 Å². The Morgan fingerprint density at radius 2 is 1.65 bits per heavy atom. The van der Waals surface area contributed by atoms with Crippen molar-refractivity contribution < 1.29 is 23.1 Å². The van der Waals surface area contributed by atoms with Gasteiger partial charge < -0.3 is 4.74 Å². The lowest BCUT2D eigenvalue weighted by molar-refractivity contribution is -0.149. The van der Waals surface area contributed by atoms with Gasteiger partial charge >= 0.3 is 5.97 Å². The van der Waals surface area contributed by atoms with E-state index in [-0.39, 0.29) is 24.5 Å². The van der Waals surface area contributed by atoms with Crippen LogP contribution in [-0.4, -0.2) is 17.9 Å². The first-order valence-corrected chi connectivity index (χ1v) is 8.24. The number of Topliss-reactive ketones (excluding diaryl/α,β-unsaturated/α-hetero) is 1. The molecule has 1 aromatic carbocycles. The van der Waals surface area contributed by atoms with Crippen LogP contribution >= 0.6 is 0 Å². The largest absolute Gasteiger partial charge is 0.462 e.